The molecule has 0 saturated heterocycles. The van der Waals surface area contributed by atoms with E-state index in [0.29, 0.717) is 29.3 Å². The number of ether oxygens (including phenoxy) is 3. The number of anilines is 1. The van der Waals surface area contributed by atoms with Gasteiger partial charge < -0.3 is 19.5 Å². The summed E-state index contributed by atoms with van der Waals surface area (Å²) < 4.78 is 15.8. The van der Waals surface area contributed by atoms with E-state index in [1.54, 1.807) is 27.2 Å². The number of aryl methyl sites for hydroxylation is 1. The van der Waals surface area contributed by atoms with Crippen LogP contribution < -0.4 is 19.5 Å². The molecule has 9 heteroatoms. The summed E-state index contributed by atoms with van der Waals surface area (Å²) in [6, 6.07) is 8.40. The van der Waals surface area contributed by atoms with E-state index in [1.807, 2.05) is 24.1 Å². The van der Waals surface area contributed by atoms with Gasteiger partial charge in [0.15, 0.2) is 17.2 Å². The van der Waals surface area contributed by atoms with Crippen LogP contribution >= 0.6 is 0 Å². The normalized spacial score (nSPS) is 10.6. The van der Waals surface area contributed by atoms with Crippen molar-refractivity contribution in [2.75, 3.05) is 40.2 Å². The second-order valence-corrected chi connectivity index (χ2v) is 6.47. The van der Waals surface area contributed by atoms with E-state index < -0.39 is 4.92 Å². The first-order valence-electron chi connectivity index (χ1n) is 8.82. The number of likely N-dealkylation sites (N-methyl/N-ethyl adjacent to an activating group) is 1. The number of carbonyl (C=O) groups excluding carboxylic acids is 1. The molecule has 0 fully saturated rings. The second-order valence-electron chi connectivity index (χ2n) is 6.47. The number of benzene rings is 2. The van der Waals surface area contributed by atoms with E-state index in [2.05, 4.69) is 5.32 Å². The Bertz CT molecular complexity index is 900. The summed E-state index contributed by atoms with van der Waals surface area (Å²) in [4.78, 5) is 24.9. The number of methoxy groups -OCH3 is 3. The van der Waals surface area contributed by atoms with Gasteiger partial charge in [0.05, 0.1) is 32.8 Å². The fourth-order valence-corrected chi connectivity index (χ4v) is 2.97. The largest absolute Gasteiger partial charge is 0.493 e. The Morgan fingerprint density at radius 2 is 1.83 bits per heavy atom. The average Bonchev–Trinajstić information content (AvgIpc) is 2.68. The van der Waals surface area contributed by atoms with Crippen molar-refractivity contribution in [2.24, 2.45) is 0 Å². The van der Waals surface area contributed by atoms with Gasteiger partial charge in [0.1, 0.15) is 0 Å². The molecule has 0 aliphatic carbocycles. The fraction of sp³-hybridized carbons (Fsp3) is 0.350. The molecule has 9 nitrogen and oxygen atoms in total. The minimum atomic E-state index is -0.521. The second kappa shape index (κ2) is 9.74. The molecule has 0 radical (unpaired) electrons. The third kappa shape index (κ3) is 5.35. The molecule has 156 valence electrons. The first-order valence-corrected chi connectivity index (χ1v) is 8.82. The topological polar surface area (TPSA) is 103 Å². The van der Waals surface area contributed by atoms with Gasteiger partial charge >= 0.3 is 5.69 Å². The Morgan fingerprint density at radius 1 is 1.14 bits per heavy atom. The summed E-state index contributed by atoms with van der Waals surface area (Å²) in [5, 5.41) is 13.9. The summed E-state index contributed by atoms with van der Waals surface area (Å²) >= 11 is 0. The van der Waals surface area contributed by atoms with Crippen LogP contribution in [0.4, 0.5) is 11.4 Å². The molecule has 0 heterocycles. The lowest BCUT2D eigenvalue weighted by atomic mass is 10.1. The van der Waals surface area contributed by atoms with E-state index >= 15 is 0 Å². The van der Waals surface area contributed by atoms with E-state index in [0.717, 1.165) is 5.56 Å². The number of hydrogen-bond donors (Lipinski definition) is 1. The Hall–Kier alpha value is -3.33. The van der Waals surface area contributed by atoms with Gasteiger partial charge in [-0.25, -0.2) is 0 Å². The monoisotopic (exact) mass is 403 g/mol. The number of para-hydroxylation sites is 1. The highest BCUT2D eigenvalue weighted by atomic mass is 16.6. The summed E-state index contributed by atoms with van der Waals surface area (Å²) in [6.07, 6.45) is 0. The zero-order valence-corrected chi connectivity index (χ0v) is 17.1. The highest BCUT2D eigenvalue weighted by Crippen LogP contribution is 2.33. The molecular formula is C20H25N3O6. The Labute approximate surface area is 169 Å². The summed E-state index contributed by atoms with van der Waals surface area (Å²) in [7, 11) is 6.29. The highest BCUT2D eigenvalue weighted by Gasteiger charge is 2.19. The van der Waals surface area contributed by atoms with Crippen LogP contribution in [0.1, 0.15) is 11.1 Å². The number of rotatable bonds is 9. The maximum absolute atomic E-state index is 12.5. The van der Waals surface area contributed by atoms with Crippen molar-refractivity contribution in [1.82, 2.24) is 4.90 Å². The first kappa shape index (κ1) is 22.0. The lowest BCUT2D eigenvalue weighted by molar-refractivity contribution is -0.385. The van der Waals surface area contributed by atoms with Gasteiger partial charge in [0.25, 0.3) is 0 Å². The van der Waals surface area contributed by atoms with E-state index in [4.69, 9.17) is 14.2 Å². The quantitative estimate of drug-likeness (QED) is 0.507. The SMILES string of the molecule is COc1cc(NC(=O)CN(C)Cc2cccc(OC)c2OC)c(C)cc1[N+](=O)[O-]. The third-order valence-corrected chi connectivity index (χ3v) is 4.33. The zero-order chi connectivity index (χ0) is 21.6. The van der Waals surface area contributed by atoms with Gasteiger partial charge in [-0.2, -0.15) is 0 Å². The number of nitrogens with one attached hydrogen (secondary N) is 1. The van der Waals surface area contributed by atoms with Gasteiger partial charge in [-0.15, -0.1) is 0 Å². The maximum atomic E-state index is 12.5. The van der Waals surface area contributed by atoms with Gasteiger partial charge in [-0.1, -0.05) is 12.1 Å². The van der Waals surface area contributed by atoms with Crippen LogP contribution in [-0.4, -0.2) is 50.7 Å². The molecule has 29 heavy (non-hydrogen) atoms. The third-order valence-electron chi connectivity index (χ3n) is 4.33. The first-order chi connectivity index (χ1) is 13.8. The number of nitro benzene ring substituents is 1. The lowest BCUT2D eigenvalue weighted by Crippen LogP contribution is -2.30. The van der Waals surface area contributed by atoms with Crippen LogP contribution in [-0.2, 0) is 11.3 Å². The van der Waals surface area contributed by atoms with Crippen LogP contribution in [0, 0.1) is 17.0 Å². The van der Waals surface area contributed by atoms with Crippen molar-refractivity contribution in [1.29, 1.82) is 0 Å². The Balaban J connectivity index is 2.09. The molecule has 0 aromatic heterocycles. The van der Waals surface area contributed by atoms with Crippen LogP contribution in [0.2, 0.25) is 0 Å². The molecule has 2 aromatic carbocycles. The molecule has 0 spiro atoms. The van der Waals surface area contributed by atoms with Gasteiger partial charge in [-0.3, -0.25) is 19.8 Å². The molecule has 1 amide bonds. The average molecular weight is 403 g/mol. The molecule has 1 N–H and O–H groups in total. The van der Waals surface area contributed by atoms with Crippen LogP contribution in [0.25, 0.3) is 0 Å². The van der Waals surface area contributed by atoms with E-state index in [1.165, 1.54) is 19.2 Å². The molecule has 0 saturated carbocycles. The Kier molecular flexibility index (Phi) is 7.38. The molecule has 0 bridgehead atoms. The van der Waals surface area contributed by atoms with Gasteiger partial charge in [-0.05, 0) is 25.6 Å². The maximum Gasteiger partial charge on any atom is 0.311 e. The minimum absolute atomic E-state index is 0.0883. The van der Waals surface area contributed by atoms with Gasteiger partial charge in [0.2, 0.25) is 5.91 Å². The zero-order valence-electron chi connectivity index (χ0n) is 17.1. The molecule has 0 aliphatic rings. The van der Waals surface area contributed by atoms with Crippen molar-refractivity contribution >= 4 is 17.3 Å². The molecule has 2 rings (SSSR count). The van der Waals surface area contributed by atoms with Gasteiger partial charge in [0, 0.05) is 29.9 Å². The van der Waals surface area contributed by atoms with E-state index in [9.17, 15) is 14.9 Å². The van der Waals surface area contributed by atoms with Crippen molar-refractivity contribution < 1.29 is 23.9 Å². The molecule has 2 aromatic rings. The minimum Gasteiger partial charge on any atom is -0.493 e. The standard InChI is InChI=1S/C20H25N3O6/c1-13-9-16(23(25)26)18(28-4)10-15(13)21-19(24)12-22(2)11-14-7-6-8-17(27-3)20(14)29-5/h6-10H,11-12H2,1-5H3,(H,21,24). The molecule has 0 unspecified atom stereocenters. The smallest absolute Gasteiger partial charge is 0.311 e. The van der Waals surface area contributed by atoms with Crippen molar-refractivity contribution in [2.45, 2.75) is 13.5 Å². The van der Waals surface area contributed by atoms with Crippen molar-refractivity contribution in [3.05, 3.63) is 51.6 Å². The number of carbonyl (C=O) groups is 1. The van der Waals surface area contributed by atoms with Crippen LogP contribution in [0.15, 0.2) is 30.3 Å². The molecule has 0 atom stereocenters. The summed E-state index contributed by atoms with van der Waals surface area (Å²) in [5.74, 6) is 1.08. The number of nitro groups is 1. The number of hydrogen-bond acceptors (Lipinski definition) is 7. The van der Waals surface area contributed by atoms with Crippen molar-refractivity contribution in [3.63, 3.8) is 0 Å². The molecular weight excluding hydrogens is 378 g/mol. The van der Waals surface area contributed by atoms with Crippen LogP contribution in [0.3, 0.4) is 0 Å². The Morgan fingerprint density at radius 3 is 2.41 bits per heavy atom. The summed E-state index contributed by atoms with van der Waals surface area (Å²) in [6.45, 7) is 2.27. The van der Waals surface area contributed by atoms with E-state index in [-0.39, 0.29) is 23.9 Å². The van der Waals surface area contributed by atoms with Crippen LogP contribution in [0.5, 0.6) is 17.2 Å². The number of amides is 1. The summed E-state index contributed by atoms with van der Waals surface area (Å²) in [5.41, 5.74) is 1.77. The lowest BCUT2D eigenvalue weighted by Gasteiger charge is -2.19. The number of nitrogens with zero attached hydrogens (tertiary/aromatic N) is 2. The predicted octanol–water partition coefficient (Wildman–Crippen LogP) is 3.00. The predicted molar refractivity (Wildman–Crippen MR) is 109 cm³/mol. The highest BCUT2D eigenvalue weighted by molar-refractivity contribution is 5.93. The van der Waals surface area contributed by atoms with Crippen molar-refractivity contribution in [3.8, 4) is 17.2 Å². The fourth-order valence-electron chi connectivity index (χ4n) is 2.97. The molecule has 0 aliphatic heterocycles.